The first-order valence-electron chi connectivity index (χ1n) is 10.8. The highest BCUT2D eigenvalue weighted by Crippen LogP contribution is 2.24. The van der Waals surface area contributed by atoms with Crippen molar-refractivity contribution in [1.29, 1.82) is 0 Å². The van der Waals surface area contributed by atoms with Gasteiger partial charge < -0.3 is 14.4 Å². The molecule has 1 aliphatic heterocycles. The average Bonchev–Trinajstić information content (AvgIpc) is 2.78. The second-order valence-corrected chi connectivity index (χ2v) is 7.66. The molecule has 2 aromatic rings. The molecule has 32 heavy (non-hydrogen) atoms. The molecular formula is C25H30ClF2NO3. The van der Waals surface area contributed by atoms with E-state index in [4.69, 9.17) is 9.47 Å². The van der Waals surface area contributed by atoms with Crippen LogP contribution in [-0.2, 0) is 14.3 Å². The SMILES string of the molecule is CCOC(=O)[C@@H]1CCCN(CCCOC=C(c2ccc(F)cc2)c2ccc(F)cc2)C1.Cl. The fourth-order valence-electron chi connectivity index (χ4n) is 3.79. The first-order valence-corrected chi connectivity index (χ1v) is 10.8. The Labute approximate surface area is 194 Å². The molecule has 0 unspecified atom stereocenters. The molecular weight excluding hydrogens is 436 g/mol. The van der Waals surface area contributed by atoms with Crippen LogP contribution in [-0.4, -0.2) is 43.7 Å². The Morgan fingerprint density at radius 3 is 2.22 bits per heavy atom. The molecule has 174 valence electrons. The number of carbonyl (C=O) groups is 1. The summed E-state index contributed by atoms with van der Waals surface area (Å²) in [6.07, 6.45) is 4.33. The van der Waals surface area contributed by atoms with Crippen LogP contribution in [0, 0.1) is 17.6 Å². The van der Waals surface area contributed by atoms with Gasteiger partial charge in [-0.1, -0.05) is 24.3 Å². The topological polar surface area (TPSA) is 38.8 Å². The number of piperidine rings is 1. The van der Waals surface area contributed by atoms with E-state index in [1.807, 2.05) is 6.92 Å². The summed E-state index contributed by atoms with van der Waals surface area (Å²) in [5.74, 6) is -0.774. The Balaban J connectivity index is 0.00000363. The molecule has 1 atom stereocenters. The zero-order valence-corrected chi connectivity index (χ0v) is 19.1. The number of ether oxygens (including phenoxy) is 2. The summed E-state index contributed by atoms with van der Waals surface area (Å²) < 4.78 is 37.6. The van der Waals surface area contributed by atoms with Crippen molar-refractivity contribution in [2.24, 2.45) is 5.92 Å². The van der Waals surface area contributed by atoms with Gasteiger partial charge in [0, 0.05) is 18.7 Å². The summed E-state index contributed by atoms with van der Waals surface area (Å²) in [6.45, 7) is 5.29. The highest BCUT2D eigenvalue weighted by molar-refractivity contribution is 5.85. The number of rotatable bonds is 9. The summed E-state index contributed by atoms with van der Waals surface area (Å²) in [7, 11) is 0. The minimum Gasteiger partial charge on any atom is -0.500 e. The fraction of sp³-hybridized carbons (Fsp3) is 0.400. The number of likely N-dealkylation sites (tertiary alicyclic amines) is 1. The second kappa shape index (κ2) is 13.2. The first-order chi connectivity index (χ1) is 15.1. The number of hydrogen-bond acceptors (Lipinski definition) is 4. The van der Waals surface area contributed by atoms with E-state index in [2.05, 4.69) is 4.90 Å². The number of benzene rings is 2. The second-order valence-electron chi connectivity index (χ2n) is 7.66. The van der Waals surface area contributed by atoms with Gasteiger partial charge in [0.1, 0.15) is 11.6 Å². The molecule has 7 heteroatoms. The molecule has 1 aliphatic rings. The maximum atomic E-state index is 13.3. The van der Waals surface area contributed by atoms with E-state index in [0.717, 1.165) is 55.6 Å². The van der Waals surface area contributed by atoms with Crippen molar-refractivity contribution in [3.05, 3.63) is 77.6 Å². The molecule has 0 amide bonds. The van der Waals surface area contributed by atoms with Gasteiger partial charge in [-0.3, -0.25) is 4.79 Å². The van der Waals surface area contributed by atoms with Gasteiger partial charge in [-0.25, -0.2) is 8.78 Å². The van der Waals surface area contributed by atoms with E-state index < -0.39 is 0 Å². The van der Waals surface area contributed by atoms with Crippen LogP contribution in [0.3, 0.4) is 0 Å². The molecule has 0 radical (unpaired) electrons. The van der Waals surface area contributed by atoms with Gasteiger partial charge in [0.2, 0.25) is 0 Å². The Bertz CT molecular complexity index is 824. The summed E-state index contributed by atoms with van der Waals surface area (Å²) in [5, 5.41) is 0. The van der Waals surface area contributed by atoms with Crippen molar-refractivity contribution in [3.63, 3.8) is 0 Å². The fourth-order valence-corrected chi connectivity index (χ4v) is 3.79. The van der Waals surface area contributed by atoms with E-state index in [1.54, 1.807) is 30.5 Å². The van der Waals surface area contributed by atoms with Crippen molar-refractivity contribution in [3.8, 4) is 0 Å². The summed E-state index contributed by atoms with van der Waals surface area (Å²) in [4.78, 5) is 14.3. The first kappa shape index (κ1) is 25.8. The van der Waals surface area contributed by atoms with Gasteiger partial charge in [0.05, 0.1) is 25.4 Å². The lowest BCUT2D eigenvalue weighted by atomic mass is 9.98. The van der Waals surface area contributed by atoms with Crippen molar-refractivity contribution < 1.29 is 23.0 Å². The number of halogens is 3. The molecule has 0 aliphatic carbocycles. The number of esters is 1. The number of carbonyl (C=O) groups excluding carboxylic acids is 1. The highest BCUT2D eigenvalue weighted by atomic mass is 35.5. The monoisotopic (exact) mass is 465 g/mol. The van der Waals surface area contributed by atoms with Crippen molar-refractivity contribution in [1.82, 2.24) is 4.90 Å². The van der Waals surface area contributed by atoms with E-state index in [0.29, 0.717) is 13.2 Å². The largest absolute Gasteiger partial charge is 0.500 e. The molecule has 1 fully saturated rings. The lowest BCUT2D eigenvalue weighted by Crippen LogP contribution is -2.40. The van der Waals surface area contributed by atoms with Crippen LogP contribution in [0.15, 0.2) is 54.8 Å². The van der Waals surface area contributed by atoms with Crippen LogP contribution in [0.2, 0.25) is 0 Å². The predicted molar refractivity (Wildman–Crippen MR) is 123 cm³/mol. The number of nitrogens with zero attached hydrogens (tertiary/aromatic N) is 1. The molecule has 0 saturated carbocycles. The van der Waals surface area contributed by atoms with Crippen molar-refractivity contribution in [2.75, 3.05) is 32.8 Å². The van der Waals surface area contributed by atoms with Gasteiger partial charge in [-0.05, 0) is 68.1 Å². The molecule has 0 aromatic heterocycles. The third kappa shape index (κ3) is 7.61. The summed E-state index contributed by atoms with van der Waals surface area (Å²) in [6, 6.07) is 12.3. The average molecular weight is 466 g/mol. The zero-order valence-electron chi connectivity index (χ0n) is 18.3. The van der Waals surface area contributed by atoms with Crippen LogP contribution in [0.4, 0.5) is 8.78 Å². The number of hydrogen-bond donors (Lipinski definition) is 0. The van der Waals surface area contributed by atoms with Crippen LogP contribution in [0.1, 0.15) is 37.3 Å². The molecule has 0 N–H and O–H groups in total. The minimum absolute atomic E-state index is 0. The maximum Gasteiger partial charge on any atom is 0.310 e. The summed E-state index contributed by atoms with van der Waals surface area (Å²) >= 11 is 0. The van der Waals surface area contributed by atoms with Crippen LogP contribution in [0.5, 0.6) is 0 Å². The Hall–Kier alpha value is -2.44. The molecule has 2 aromatic carbocycles. The Morgan fingerprint density at radius 1 is 1.06 bits per heavy atom. The molecule has 1 saturated heterocycles. The third-order valence-electron chi connectivity index (χ3n) is 5.37. The normalized spacial score (nSPS) is 16.0. The molecule has 0 spiro atoms. The maximum absolute atomic E-state index is 13.3. The van der Waals surface area contributed by atoms with E-state index in [9.17, 15) is 13.6 Å². The van der Waals surface area contributed by atoms with E-state index in [1.165, 1.54) is 24.3 Å². The molecule has 0 bridgehead atoms. The Morgan fingerprint density at radius 2 is 1.66 bits per heavy atom. The highest BCUT2D eigenvalue weighted by Gasteiger charge is 2.26. The molecule has 4 nitrogen and oxygen atoms in total. The van der Waals surface area contributed by atoms with Gasteiger partial charge in [-0.15, -0.1) is 12.4 Å². The predicted octanol–water partition coefficient (Wildman–Crippen LogP) is 5.46. The van der Waals surface area contributed by atoms with Crippen LogP contribution >= 0.6 is 12.4 Å². The Kier molecular flexibility index (Phi) is 10.6. The van der Waals surface area contributed by atoms with Crippen LogP contribution in [0.25, 0.3) is 5.57 Å². The lowest BCUT2D eigenvalue weighted by Gasteiger charge is -2.31. The standard InChI is InChI=1S/C25H29F2NO3.ClH/c1-2-31-25(29)21-5-3-14-28(17-21)15-4-16-30-18-24(19-6-10-22(26)11-7-19)20-8-12-23(27)13-9-20;/h6-13,18,21H,2-5,14-17H2,1H3;1H/t21-;/m1./s1. The quantitative estimate of drug-likeness (QED) is 0.280. The van der Waals surface area contributed by atoms with Gasteiger partial charge >= 0.3 is 5.97 Å². The van der Waals surface area contributed by atoms with Gasteiger partial charge in [0.25, 0.3) is 0 Å². The van der Waals surface area contributed by atoms with E-state index >= 15 is 0 Å². The van der Waals surface area contributed by atoms with Gasteiger partial charge in [0.15, 0.2) is 0 Å². The van der Waals surface area contributed by atoms with E-state index in [-0.39, 0.29) is 35.9 Å². The molecule has 3 rings (SSSR count). The van der Waals surface area contributed by atoms with Crippen molar-refractivity contribution in [2.45, 2.75) is 26.2 Å². The zero-order chi connectivity index (χ0) is 22.1. The van der Waals surface area contributed by atoms with Crippen molar-refractivity contribution >= 4 is 23.9 Å². The molecule has 1 heterocycles. The lowest BCUT2D eigenvalue weighted by molar-refractivity contribution is -0.149. The van der Waals surface area contributed by atoms with Crippen LogP contribution < -0.4 is 0 Å². The minimum atomic E-state index is -0.314. The smallest absolute Gasteiger partial charge is 0.310 e. The summed E-state index contributed by atoms with van der Waals surface area (Å²) in [5.41, 5.74) is 2.35. The van der Waals surface area contributed by atoms with Gasteiger partial charge in [-0.2, -0.15) is 0 Å². The third-order valence-corrected chi connectivity index (χ3v) is 5.37.